The van der Waals surface area contributed by atoms with Crippen LogP contribution in [0.5, 0.6) is 11.5 Å². The molecule has 28 heavy (non-hydrogen) atoms. The number of anilines is 1. The van der Waals surface area contributed by atoms with Gasteiger partial charge in [-0.15, -0.1) is 10.2 Å². The Balaban J connectivity index is 1.39. The summed E-state index contributed by atoms with van der Waals surface area (Å²) < 4.78 is 16.7. The fraction of sp³-hybridized carbons (Fsp3) is 0.250. The lowest BCUT2D eigenvalue weighted by atomic mass is 10.1. The third kappa shape index (κ3) is 4.12. The third-order valence-corrected chi connectivity index (χ3v) is 5.10. The van der Waals surface area contributed by atoms with Crippen molar-refractivity contribution in [3.05, 3.63) is 48.0 Å². The molecule has 8 heteroatoms. The van der Waals surface area contributed by atoms with Crippen LogP contribution in [-0.2, 0) is 4.79 Å². The summed E-state index contributed by atoms with van der Waals surface area (Å²) in [7, 11) is 0. The Morgan fingerprint density at radius 3 is 2.61 bits per heavy atom. The Hall–Kier alpha value is -3.00. The van der Waals surface area contributed by atoms with Crippen molar-refractivity contribution in [3.8, 4) is 23.0 Å². The van der Waals surface area contributed by atoms with Crippen LogP contribution in [0.2, 0.25) is 0 Å². The molecular formula is C20H19N3O4S. The van der Waals surface area contributed by atoms with Crippen molar-refractivity contribution in [2.24, 2.45) is 0 Å². The molecule has 0 radical (unpaired) electrons. The quantitative estimate of drug-likeness (QED) is 0.653. The maximum atomic E-state index is 12.5. The van der Waals surface area contributed by atoms with Crippen molar-refractivity contribution in [2.45, 2.75) is 24.3 Å². The van der Waals surface area contributed by atoms with Crippen LogP contribution in [0, 0.1) is 6.92 Å². The van der Waals surface area contributed by atoms with Gasteiger partial charge in [-0.05, 0) is 38.1 Å². The van der Waals surface area contributed by atoms with E-state index in [0.717, 1.165) is 11.1 Å². The first-order valence-corrected chi connectivity index (χ1v) is 9.74. The Morgan fingerprint density at radius 1 is 1.07 bits per heavy atom. The lowest BCUT2D eigenvalue weighted by Crippen LogP contribution is -2.22. The Kier molecular flexibility index (Phi) is 5.21. The van der Waals surface area contributed by atoms with Crippen LogP contribution in [0.25, 0.3) is 11.5 Å². The summed E-state index contributed by atoms with van der Waals surface area (Å²) in [5, 5.41) is 10.9. The van der Waals surface area contributed by atoms with Gasteiger partial charge in [-0.1, -0.05) is 29.5 Å². The normalized spacial score (nSPS) is 13.8. The van der Waals surface area contributed by atoms with Crippen LogP contribution in [-0.4, -0.2) is 34.6 Å². The molecule has 0 saturated carbocycles. The smallest absolute Gasteiger partial charge is 0.277 e. The van der Waals surface area contributed by atoms with Gasteiger partial charge in [0.05, 0.1) is 5.25 Å². The molecule has 7 nitrogen and oxygen atoms in total. The molecule has 2 aromatic carbocycles. The second-order valence-electron chi connectivity index (χ2n) is 6.35. The number of ether oxygens (including phenoxy) is 2. The largest absolute Gasteiger partial charge is 0.486 e. The molecule has 1 aliphatic heterocycles. The van der Waals surface area contributed by atoms with Gasteiger partial charge >= 0.3 is 0 Å². The van der Waals surface area contributed by atoms with E-state index in [-0.39, 0.29) is 5.91 Å². The summed E-state index contributed by atoms with van der Waals surface area (Å²) in [6.45, 7) is 4.83. The lowest BCUT2D eigenvalue weighted by molar-refractivity contribution is -0.115. The molecule has 2 heterocycles. The zero-order valence-electron chi connectivity index (χ0n) is 15.5. The van der Waals surface area contributed by atoms with E-state index in [2.05, 4.69) is 15.5 Å². The van der Waals surface area contributed by atoms with Gasteiger partial charge < -0.3 is 19.2 Å². The molecule has 1 N–H and O–H groups in total. The van der Waals surface area contributed by atoms with E-state index < -0.39 is 5.25 Å². The van der Waals surface area contributed by atoms with Gasteiger partial charge in [0.25, 0.3) is 5.22 Å². The number of benzene rings is 2. The van der Waals surface area contributed by atoms with Gasteiger partial charge in [0, 0.05) is 17.3 Å². The number of hydrogen-bond donors (Lipinski definition) is 1. The number of aromatic nitrogens is 2. The van der Waals surface area contributed by atoms with Gasteiger partial charge in [-0.25, -0.2) is 0 Å². The molecule has 0 saturated heterocycles. The monoisotopic (exact) mass is 397 g/mol. The van der Waals surface area contributed by atoms with Crippen LogP contribution in [0.4, 0.5) is 5.69 Å². The fourth-order valence-corrected chi connectivity index (χ4v) is 3.32. The van der Waals surface area contributed by atoms with Crippen LogP contribution in [0.1, 0.15) is 12.5 Å². The predicted molar refractivity (Wildman–Crippen MR) is 106 cm³/mol. The Bertz CT molecular complexity index is 987. The minimum absolute atomic E-state index is 0.170. The van der Waals surface area contributed by atoms with E-state index in [9.17, 15) is 4.79 Å². The molecule has 3 aromatic rings. The summed E-state index contributed by atoms with van der Waals surface area (Å²) in [6.07, 6.45) is 0. The highest BCUT2D eigenvalue weighted by atomic mass is 32.2. The van der Waals surface area contributed by atoms with Gasteiger partial charge in [0.2, 0.25) is 11.8 Å². The van der Waals surface area contributed by atoms with Crippen LogP contribution in [0.3, 0.4) is 0 Å². The number of aryl methyl sites for hydroxylation is 1. The molecule has 0 aliphatic carbocycles. The van der Waals surface area contributed by atoms with E-state index in [1.807, 2.05) is 31.2 Å². The highest BCUT2D eigenvalue weighted by Crippen LogP contribution is 2.33. The van der Waals surface area contributed by atoms with E-state index >= 15 is 0 Å². The number of fused-ring (bicyclic) bond motifs is 1. The van der Waals surface area contributed by atoms with Crippen LogP contribution < -0.4 is 14.8 Å². The third-order valence-electron chi connectivity index (χ3n) is 4.16. The molecule has 0 unspecified atom stereocenters. The second kappa shape index (κ2) is 7.93. The number of rotatable bonds is 5. The van der Waals surface area contributed by atoms with Crippen molar-refractivity contribution in [1.82, 2.24) is 10.2 Å². The molecule has 0 spiro atoms. The maximum absolute atomic E-state index is 12.5. The van der Waals surface area contributed by atoms with Crippen molar-refractivity contribution >= 4 is 23.4 Å². The van der Waals surface area contributed by atoms with Crippen molar-refractivity contribution in [3.63, 3.8) is 0 Å². The highest BCUT2D eigenvalue weighted by molar-refractivity contribution is 8.00. The average molecular weight is 397 g/mol. The van der Waals surface area contributed by atoms with Gasteiger partial charge in [0.15, 0.2) is 11.5 Å². The molecule has 0 bridgehead atoms. The summed E-state index contributed by atoms with van der Waals surface area (Å²) in [5.74, 6) is 1.57. The molecule has 4 rings (SSSR count). The van der Waals surface area contributed by atoms with Crippen LogP contribution >= 0.6 is 11.8 Å². The minimum Gasteiger partial charge on any atom is -0.486 e. The SMILES string of the molecule is Cc1ccc(-c2nnc(S[C@@H](C)C(=O)Nc3ccc4c(c3)OCCO4)o2)cc1. The number of thioether (sulfide) groups is 1. The molecular weight excluding hydrogens is 378 g/mol. The predicted octanol–water partition coefficient (Wildman–Crippen LogP) is 3.94. The zero-order valence-corrected chi connectivity index (χ0v) is 16.3. The van der Waals surface area contributed by atoms with E-state index in [1.54, 1.807) is 25.1 Å². The number of hydrogen-bond acceptors (Lipinski definition) is 7. The summed E-state index contributed by atoms with van der Waals surface area (Å²) in [5.41, 5.74) is 2.65. The van der Waals surface area contributed by atoms with E-state index in [1.165, 1.54) is 11.8 Å². The summed E-state index contributed by atoms with van der Waals surface area (Å²) in [4.78, 5) is 12.5. The van der Waals surface area contributed by atoms with E-state index in [4.69, 9.17) is 13.9 Å². The van der Waals surface area contributed by atoms with Gasteiger partial charge in [0.1, 0.15) is 13.2 Å². The van der Waals surface area contributed by atoms with Crippen molar-refractivity contribution in [1.29, 1.82) is 0 Å². The Labute approximate surface area is 166 Å². The van der Waals surface area contributed by atoms with Crippen molar-refractivity contribution in [2.75, 3.05) is 18.5 Å². The average Bonchev–Trinajstić information content (AvgIpc) is 3.17. The minimum atomic E-state index is -0.417. The van der Waals surface area contributed by atoms with Crippen LogP contribution in [0.15, 0.2) is 52.1 Å². The lowest BCUT2D eigenvalue weighted by Gasteiger charge is -2.19. The molecule has 1 atom stereocenters. The summed E-state index contributed by atoms with van der Waals surface area (Å²) in [6, 6.07) is 13.1. The number of nitrogens with one attached hydrogen (secondary N) is 1. The first kappa shape index (κ1) is 18.4. The first-order chi connectivity index (χ1) is 13.6. The number of nitrogens with zero attached hydrogens (tertiary/aromatic N) is 2. The first-order valence-electron chi connectivity index (χ1n) is 8.86. The van der Waals surface area contributed by atoms with E-state index in [0.29, 0.717) is 41.5 Å². The number of carbonyl (C=O) groups is 1. The molecule has 144 valence electrons. The van der Waals surface area contributed by atoms with Gasteiger partial charge in [-0.3, -0.25) is 4.79 Å². The molecule has 1 amide bonds. The Morgan fingerprint density at radius 2 is 1.82 bits per heavy atom. The zero-order chi connectivity index (χ0) is 19.5. The van der Waals surface area contributed by atoms with Crippen molar-refractivity contribution < 1.29 is 18.7 Å². The standard InChI is InChI=1S/C20H19N3O4S/c1-12-3-5-14(6-4-12)19-22-23-20(27-19)28-13(2)18(24)21-15-7-8-16-17(11-15)26-10-9-25-16/h3-8,11,13H,9-10H2,1-2H3,(H,21,24)/t13-/m0/s1. The molecule has 0 fully saturated rings. The van der Waals surface area contributed by atoms with Gasteiger partial charge in [-0.2, -0.15) is 0 Å². The highest BCUT2D eigenvalue weighted by Gasteiger charge is 2.20. The number of amides is 1. The second-order valence-corrected chi connectivity index (χ2v) is 7.64. The maximum Gasteiger partial charge on any atom is 0.277 e. The summed E-state index contributed by atoms with van der Waals surface area (Å²) >= 11 is 1.21. The number of carbonyl (C=O) groups excluding carboxylic acids is 1. The fourth-order valence-electron chi connectivity index (χ4n) is 2.64. The topological polar surface area (TPSA) is 86.5 Å². The molecule has 1 aliphatic rings. The molecule has 1 aromatic heterocycles.